The van der Waals surface area contributed by atoms with E-state index in [1.807, 2.05) is 0 Å². The molecule has 7 atom stereocenters. The third kappa shape index (κ3) is 81.2. The SMILES string of the molecule is CCC(C)CCCCCCCCCCCCCCCCCCCCC(=O)OC[C@H](COP(=O)(O)OC[C@@H](O)COP(=O)(O)OC[C@@H](COC(=O)CCCCCCCCC(C)C)OC(=O)CCCCCCCCCCCCCCCCC(C)C)OC(=O)CCCCCCCCCCCCCCCCCCCCC(C)CC. The Hall–Kier alpha value is -1.94. The minimum absolute atomic E-state index is 0.106. The first kappa shape index (κ1) is 108. The highest BCUT2D eigenvalue weighted by molar-refractivity contribution is 7.47. The van der Waals surface area contributed by atoms with Crippen molar-refractivity contribution in [3.8, 4) is 0 Å². The van der Waals surface area contributed by atoms with E-state index in [-0.39, 0.29) is 25.7 Å². The highest BCUT2D eigenvalue weighted by Gasteiger charge is 2.31. The molecule has 0 spiro atoms. The third-order valence-corrected chi connectivity index (χ3v) is 23.9. The summed E-state index contributed by atoms with van der Waals surface area (Å²) in [6.45, 7) is 14.4. The van der Waals surface area contributed by atoms with Crippen molar-refractivity contribution in [2.24, 2.45) is 23.7 Å². The summed E-state index contributed by atoms with van der Waals surface area (Å²) >= 11 is 0. The van der Waals surface area contributed by atoms with E-state index in [9.17, 15) is 43.2 Å². The van der Waals surface area contributed by atoms with Crippen LogP contribution < -0.4 is 0 Å². The lowest BCUT2D eigenvalue weighted by molar-refractivity contribution is -0.161. The van der Waals surface area contributed by atoms with Crippen LogP contribution in [0.5, 0.6) is 0 Å². The first-order valence-electron chi connectivity index (χ1n) is 46.8. The molecule has 0 aliphatic rings. The number of ether oxygens (including phenoxy) is 4. The van der Waals surface area contributed by atoms with Gasteiger partial charge in [-0.3, -0.25) is 37.3 Å². The maximum atomic E-state index is 13.2. The van der Waals surface area contributed by atoms with Crippen molar-refractivity contribution in [1.82, 2.24) is 0 Å². The number of esters is 4. The third-order valence-electron chi connectivity index (χ3n) is 22.0. The van der Waals surface area contributed by atoms with Crippen LogP contribution in [0.4, 0.5) is 0 Å². The Morgan fingerprint density at radius 3 is 0.645 bits per heavy atom. The van der Waals surface area contributed by atoms with Crippen LogP contribution in [-0.2, 0) is 65.4 Å². The van der Waals surface area contributed by atoms with Gasteiger partial charge in [0.15, 0.2) is 12.2 Å². The van der Waals surface area contributed by atoms with E-state index in [2.05, 4.69) is 55.4 Å². The molecule has 0 bridgehead atoms. The van der Waals surface area contributed by atoms with Crippen LogP contribution in [-0.4, -0.2) is 96.7 Å². The molecule has 0 aromatic heterocycles. The lowest BCUT2D eigenvalue weighted by Gasteiger charge is -2.21. The van der Waals surface area contributed by atoms with Gasteiger partial charge in [0.25, 0.3) is 0 Å². The lowest BCUT2D eigenvalue weighted by Crippen LogP contribution is -2.30. The summed E-state index contributed by atoms with van der Waals surface area (Å²) < 4.78 is 69.0. The van der Waals surface area contributed by atoms with E-state index in [4.69, 9.17) is 37.0 Å². The second-order valence-electron chi connectivity index (χ2n) is 34.1. The molecule has 4 unspecified atom stereocenters. The molecule has 19 heteroatoms. The van der Waals surface area contributed by atoms with Crippen LogP contribution in [0.15, 0.2) is 0 Å². The predicted molar refractivity (Wildman–Crippen MR) is 455 cm³/mol. The minimum Gasteiger partial charge on any atom is -0.462 e. The summed E-state index contributed by atoms with van der Waals surface area (Å²) in [5.74, 6) is 1.11. The second-order valence-corrected chi connectivity index (χ2v) is 37.0. The molecule has 654 valence electrons. The molecular formula is C91H178O17P2. The molecule has 0 aliphatic carbocycles. The van der Waals surface area contributed by atoms with E-state index in [0.717, 1.165) is 114 Å². The Bertz CT molecular complexity index is 2130. The van der Waals surface area contributed by atoms with Gasteiger partial charge in [-0.1, -0.05) is 428 Å². The van der Waals surface area contributed by atoms with Gasteiger partial charge in [0, 0.05) is 25.7 Å². The van der Waals surface area contributed by atoms with Gasteiger partial charge in [0.2, 0.25) is 0 Å². The quantitative estimate of drug-likeness (QED) is 0.0222. The fourth-order valence-corrected chi connectivity index (χ4v) is 15.7. The Labute approximate surface area is 677 Å². The van der Waals surface area contributed by atoms with Crippen LogP contribution in [0.25, 0.3) is 0 Å². The van der Waals surface area contributed by atoms with Gasteiger partial charge in [0.05, 0.1) is 26.4 Å². The van der Waals surface area contributed by atoms with Gasteiger partial charge < -0.3 is 33.8 Å². The number of unbranched alkanes of at least 4 members (excludes halogenated alkanes) is 52. The number of phosphoric ester groups is 2. The van der Waals surface area contributed by atoms with E-state index < -0.39 is 97.5 Å². The molecule has 0 saturated heterocycles. The molecule has 17 nitrogen and oxygen atoms in total. The van der Waals surface area contributed by atoms with E-state index >= 15 is 0 Å². The Balaban J connectivity index is 5.20. The number of hydrogen-bond donors (Lipinski definition) is 3. The number of carbonyl (C=O) groups excluding carboxylic acids is 4. The Morgan fingerprint density at radius 2 is 0.436 bits per heavy atom. The number of carbonyl (C=O) groups is 4. The topological polar surface area (TPSA) is 237 Å². The molecule has 110 heavy (non-hydrogen) atoms. The zero-order chi connectivity index (χ0) is 80.9. The molecule has 0 aliphatic heterocycles. The molecule has 0 aromatic rings. The summed E-state index contributed by atoms with van der Waals surface area (Å²) in [7, 11) is -9.93. The van der Waals surface area contributed by atoms with Crippen molar-refractivity contribution in [1.29, 1.82) is 0 Å². The van der Waals surface area contributed by atoms with E-state index in [1.54, 1.807) is 0 Å². The van der Waals surface area contributed by atoms with Crippen LogP contribution in [0.2, 0.25) is 0 Å². The average molecular weight is 1610 g/mol. The second kappa shape index (κ2) is 79.5. The maximum absolute atomic E-state index is 13.2. The molecule has 0 fully saturated rings. The summed E-state index contributed by atoms with van der Waals surface area (Å²) in [6.07, 6.45) is 71.1. The summed E-state index contributed by atoms with van der Waals surface area (Å²) in [4.78, 5) is 73.3. The van der Waals surface area contributed by atoms with Crippen LogP contribution in [0.3, 0.4) is 0 Å². The van der Waals surface area contributed by atoms with Crippen molar-refractivity contribution in [3.05, 3.63) is 0 Å². The predicted octanol–water partition coefficient (Wildman–Crippen LogP) is 27.9. The van der Waals surface area contributed by atoms with Crippen LogP contribution >= 0.6 is 15.6 Å². The van der Waals surface area contributed by atoms with Gasteiger partial charge in [-0.15, -0.1) is 0 Å². The van der Waals surface area contributed by atoms with Crippen molar-refractivity contribution >= 4 is 39.5 Å². The molecular weight excluding hydrogens is 1430 g/mol. The van der Waals surface area contributed by atoms with Gasteiger partial charge in [0.1, 0.15) is 19.3 Å². The Kier molecular flexibility index (Phi) is 78.1. The average Bonchev–Trinajstić information content (AvgIpc) is 0.898. The van der Waals surface area contributed by atoms with Gasteiger partial charge in [-0.05, 0) is 49.4 Å². The normalized spacial score (nSPS) is 14.3. The zero-order valence-corrected chi connectivity index (χ0v) is 74.7. The molecule has 3 N–H and O–H groups in total. The molecule has 0 amide bonds. The fraction of sp³-hybridized carbons (Fsp3) is 0.956. The largest absolute Gasteiger partial charge is 0.472 e. The minimum atomic E-state index is -4.97. The van der Waals surface area contributed by atoms with Gasteiger partial charge in [-0.25, -0.2) is 9.13 Å². The summed E-state index contributed by atoms with van der Waals surface area (Å²) in [6, 6.07) is 0. The highest BCUT2D eigenvalue weighted by Crippen LogP contribution is 2.45. The first-order valence-corrected chi connectivity index (χ1v) is 49.8. The summed E-state index contributed by atoms with van der Waals surface area (Å²) in [5.41, 5.74) is 0. The van der Waals surface area contributed by atoms with E-state index in [1.165, 1.54) is 276 Å². The van der Waals surface area contributed by atoms with E-state index in [0.29, 0.717) is 31.6 Å². The van der Waals surface area contributed by atoms with Gasteiger partial charge >= 0.3 is 39.5 Å². The van der Waals surface area contributed by atoms with Gasteiger partial charge in [-0.2, -0.15) is 0 Å². The number of phosphoric acid groups is 2. The smallest absolute Gasteiger partial charge is 0.462 e. The summed E-state index contributed by atoms with van der Waals surface area (Å²) in [5, 5.41) is 10.7. The molecule has 0 rings (SSSR count). The van der Waals surface area contributed by atoms with Crippen molar-refractivity contribution < 1.29 is 80.2 Å². The zero-order valence-electron chi connectivity index (χ0n) is 72.9. The molecule has 0 aromatic carbocycles. The Morgan fingerprint density at radius 1 is 0.255 bits per heavy atom. The van der Waals surface area contributed by atoms with Crippen molar-refractivity contribution in [3.63, 3.8) is 0 Å². The number of aliphatic hydroxyl groups excluding tert-OH is 1. The fourth-order valence-electron chi connectivity index (χ4n) is 14.1. The number of rotatable bonds is 88. The molecule has 0 saturated carbocycles. The maximum Gasteiger partial charge on any atom is 0.472 e. The number of hydrogen-bond acceptors (Lipinski definition) is 15. The van der Waals surface area contributed by atoms with Crippen LogP contribution in [0, 0.1) is 23.7 Å². The monoisotopic (exact) mass is 1610 g/mol. The standard InChI is InChI=1S/C91H178O17P2/c1-9-83(7)69-61-53-44-38-32-26-19-15-11-13-17-21-28-34-40-46-55-63-71-88(93)101-77-86(107-90(95)73-65-57-47-41-35-29-22-18-14-12-16-20-27-33-39-45-54-62-70-84(8)10-2)79-105-109(97,98)103-75-85(92)76-104-110(99,100)106-80-87(78-102-89(94)72-64-56-50-49-52-60-68-82(5)6)108-91(96)74-66-58-48-42-36-30-24-23-25-31-37-43-51-59-67-81(3)4/h81-87,92H,9-80H2,1-8H3,(H,97,98)(H,99,100)/t83?,84?,85-,86-,87-/m1/s1. The number of aliphatic hydroxyl groups is 1. The van der Waals surface area contributed by atoms with Crippen molar-refractivity contribution in [2.75, 3.05) is 39.6 Å². The highest BCUT2D eigenvalue weighted by atomic mass is 31.2. The molecule has 0 heterocycles. The molecule has 0 radical (unpaired) electrons. The van der Waals surface area contributed by atoms with Crippen LogP contribution in [0.1, 0.15) is 479 Å². The first-order chi connectivity index (χ1) is 53.2. The lowest BCUT2D eigenvalue weighted by atomic mass is 9.99. The van der Waals surface area contributed by atoms with Crippen molar-refractivity contribution in [2.45, 2.75) is 497 Å².